The average Bonchev–Trinajstić information content (AvgIpc) is 2.12. The third kappa shape index (κ3) is 2.37. The summed E-state index contributed by atoms with van der Waals surface area (Å²) in [6, 6.07) is 1.75. The van der Waals surface area contributed by atoms with Crippen LogP contribution in [-0.4, -0.2) is 27.3 Å². The predicted molar refractivity (Wildman–Crippen MR) is 47.5 cm³/mol. The summed E-state index contributed by atoms with van der Waals surface area (Å²) in [5.74, 6) is -3.93. The minimum Gasteiger partial charge on any atom is -0.504 e. The summed E-state index contributed by atoms with van der Waals surface area (Å²) in [7, 11) is 0. The lowest BCUT2D eigenvalue weighted by Gasteiger charge is -2.04. The van der Waals surface area contributed by atoms with Crippen molar-refractivity contribution >= 4 is 11.9 Å². The molecule has 0 bridgehead atoms. The van der Waals surface area contributed by atoms with Crippen LogP contribution in [0.2, 0.25) is 0 Å². The highest BCUT2D eigenvalue weighted by atomic mass is 16.6. The predicted octanol–water partition coefficient (Wildman–Crippen LogP) is 0.507. The van der Waals surface area contributed by atoms with Crippen LogP contribution in [0.3, 0.4) is 0 Å². The fourth-order valence-corrected chi connectivity index (χ4v) is 0.912. The molecule has 0 saturated carbocycles. The van der Waals surface area contributed by atoms with E-state index in [1.54, 1.807) is 0 Å². The Kier molecular flexibility index (Phi) is 2.80. The molecule has 0 fully saturated rings. The van der Waals surface area contributed by atoms with Gasteiger partial charge in [0.2, 0.25) is 0 Å². The minimum atomic E-state index is -1.02. The van der Waals surface area contributed by atoms with Crippen LogP contribution in [0.25, 0.3) is 0 Å². The van der Waals surface area contributed by atoms with Crippen molar-refractivity contribution in [2.24, 2.45) is 0 Å². The zero-order valence-corrected chi connectivity index (χ0v) is 7.72. The molecule has 0 unspecified atom stereocenters. The van der Waals surface area contributed by atoms with Gasteiger partial charge in [0.05, 0.1) is 5.56 Å². The van der Waals surface area contributed by atoms with Crippen molar-refractivity contribution in [3.63, 3.8) is 0 Å². The molecule has 0 amide bonds. The van der Waals surface area contributed by atoms with Crippen molar-refractivity contribution in [2.45, 2.75) is 6.92 Å². The molecule has 80 valence electrons. The minimum absolute atomic E-state index is 0.238. The quantitative estimate of drug-likeness (QED) is 0.356. The van der Waals surface area contributed by atoms with E-state index in [2.05, 4.69) is 4.74 Å². The number of hydrogen-bond acceptors (Lipinski definition) is 6. The Labute approximate surface area is 84.3 Å². The van der Waals surface area contributed by atoms with Gasteiger partial charge in [-0.3, -0.25) is 4.79 Å². The number of rotatable bonds is 1. The molecule has 0 aliphatic rings. The van der Waals surface area contributed by atoms with E-state index in [0.717, 1.165) is 19.1 Å². The first-order chi connectivity index (χ1) is 6.91. The Bertz CT molecular complexity index is 400. The fraction of sp³-hybridized carbons (Fsp3) is 0.111. The van der Waals surface area contributed by atoms with Crippen LogP contribution in [-0.2, 0) is 9.53 Å². The van der Waals surface area contributed by atoms with E-state index in [-0.39, 0.29) is 5.56 Å². The van der Waals surface area contributed by atoms with Gasteiger partial charge in [-0.2, -0.15) is 0 Å². The lowest BCUT2D eigenvalue weighted by Crippen LogP contribution is -2.09. The Morgan fingerprint density at radius 3 is 2.00 bits per heavy atom. The highest BCUT2D eigenvalue weighted by molar-refractivity contribution is 5.97. The SMILES string of the molecule is CC(=O)OC(=O)c1cc(O)c(O)c(O)c1. The summed E-state index contributed by atoms with van der Waals surface area (Å²) in [6.45, 7) is 1.04. The second kappa shape index (κ2) is 3.87. The van der Waals surface area contributed by atoms with Gasteiger partial charge in [-0.15, -0.1) is 0 Å². The lowest BCUT2D eigenvalue weighted by molar-refractivity contribution is -0.135. The molecule has 0 aliphatic heterocycles. The molecule has 3 N–H and O–H groups in total. The molecule has 0 spiro atoms. The van der Waals surface area contributed by atoms with E-state index < -0.39 is 29.2 Å². The Morgan fingerprint density at radius 2 is 1.60 bits per heavy atom. The van der Waals surface area contributed by atoms with Crippen LogP contribution in [0.4, 0.5) is 0 Å². The molecule has 0 heterocycles. The molecule has 6 nitrogen and oxygen atoms in total. The number of phenols is 3. The van der Waals surface area contributed by atoms with E-state index in [4.69, 9.17) is 15.3 Å². The molecule has 0 saturated heterocycles. The number of carbonyl (C=O) groups excluding carboxylic acids is 2. The van der Waals surface area contributed by atoms with Crippen LogP contribution in [0.15, 0.2) is 12.1 Å². The largest absolute Gasteiger partial charge is 0.504 e. The molecule has 1 rings (SSSR count). The highest BCUT2D eigenvalue weighted by Crippen LogP contribution is 2.35. The van der Waals surface area contributed by atoms with Gasteiger partial charge >= 0.3 is 11.9 Å². The molecule has 15 heavy (non-hydrogen) atoms. The molecular weight excluding hydrogens is 204 g/mol. The number of esters is 2. The maximum absolute atomic E-state index is 11.1. The van der Waals surface area contributed by atoms with Gasteiger partial charge in [0.25, 0.3) is 0 Å². The van der Waals surface area contributed by atoms with Crippen LogP contribution in [0, 0.1) is 0 Å². The Morgan fingerprint density at radius 1 is 1.13 bits per heavy atom. The topological polar surface area (TPSA) is 104 Å². The standard InChI is InChI=1S/C9H8O6/c1-4(10)15-9(14)5-2-6(11)8(13)7(12)3-5/h2-3,11-13H,1H3. The average molecular weight is 212 g/mol. The summed E-state index contributed by atoms with van der Waals surface area (Å²) in [4.78, 5) is 21.6. The number of hydrogen-bond donors (Lipinski definition) is 3. The van der Waals surface area contributed by atoms with Crippen LogP contribution in [0.5, 0.6) is 17.2 Å². The summed E-state index contributed by atoms with van der Waals surface area (Å²) in [5, 5.41) is 27.1. The van der Waals surface area contributed by atoms with Crippen molar-refractivity contribution in [3.05, 3.63) is 17.7 Å². The molecule has 0 radical (unpaired) electrons. The van der Waals surface area contributed by atoms with Crippen molar-refractivity contribution in [1.29, 1.82) is 0 Å². The first kappa shape index (κ1) is 10.8. The van der Waals surface area contributed by atoms with Gasteiger partial charge in [0.1, 0.15) is 0 Å². The van der Waals surface area contributed by atoms with Gasteiger partial charge in [-0.05, 0) is 12.1 Å². The third-order valence-corrected chi connectivity index (χ3v) is 1.54. The molecule has 0 atom stereocenters. The normalized spacial score (nSPS) is 9.67. The monoisotopic (exact) mass is 212 g/mol. The Hall–Kier alpha value is -2.24. The summed E-state index contributed by atoms with van der Waals surface area (Å²) >= 11 is 0. The maximum Gasteiger partial charge on any atom is 0.346 e. The number of ether oxygens (including phenoxy) is 1. The first-order valence-electron chi connectivity index (χ1n) is 3.89. The van der Waals surface area contributed by atoms with Crippen molar-refractivity contribution in [3.8, 4) is 17.2 Å². The Balaban J connectivity index is 3.06. The smallest absolute Gasteiger partial charge is 0.346 e. The number of carbonyl (C=O) groups is 2. The van der Waals surface area contributed by atoms with Crippen LogP contribution >= 0.6 is 0 Å². The fourth-order valence-electron chi connectivity index (χ4n) is 0.912. The van der Waals surface area contributed by atoms with E-state index in [1.165, 1.54) is 0 Å². The van der Waals surface area contributed by atoms with Crippen molar-refractivity contribution in [1.82, 2.24) is 0 Å². The summed E-state index contributed by atoms with van der Waals surface area (Å²) < 4.78 is 4.20. The van der Waals surface area contributed by atoms with E-state index in [0.29, 0.717) is 0 Å². The summed E-state index contributed by atoms with van der Waals surface area (Å²) in [6.07, 6.45) is 0. The first-order valence-corrected chi connectivity index (χ1v) is 3.89. The van der Waals surface area contributed by atoms with Crippen LogP contribution < -0.4 is 0 Å². The van der Waals surface area contributed by atoms with Crippen LogP contribution in [0.1, 0.15) is 17.3 Å². The molecule has 0 aliphatic carbocycles. The van der Waals surface area contributed by atoms with E-state index in [1.807, 2.05) is 0 Å². The summed E-state index contributed by atoms with van der Waals surface area (Å²) in [5.41, 5.74) is -0.238. The second-order valence-electron chi connectivity index (χ2n) is 2.74. The molecule has 6 heteroatoms. The number of benzene rings is 1. The lowest BCUT2D eigenvalue weighted by atomic mass is 10.2. The van der Waals surface area contributed by atoms with Crippen molar-refractivity contribution in [2.75, 3.05) is 0 Å². The van der Waals surface area contributed by atoms with E-state index >= 15 is 0 Å². The highest BCUT2D eigenvalue weighted by Gasteiger charge is 2.15. The van der Waals surface area contributed by atoms with Gasteiger partial charge in [-0.25, -0.2) is 4.79 Å². The zero-order chi connectivity index (χ0) is 11.6. The molecule has 0 aromatic heterocycles. The number of phenolic OH excluding ortho intramolecular Hbond substituents is 3. The third-order valence-electron chi connectivity index (χ3n) is 1.54. The molecule has 1 aromatic carbocycles. The van der Waals surface area contributed by atoms with Gasteiger partial charge in [0.15, 0.2) is 17.2 Å². The molecule has 1 aromatic rings. The molecular formula is C9H8O6. The van der Waals surface area contributed by atoms with Gasteiger partial charge in [-0.1, -0.05) is 0 Å². The maximum atomic E-state index is 11.1. The van der Waals surface area contributed by atoms with Crippen molar-refractivity contribution < 1.29 is 29.6 Å². The number of aromatic hydroxyl groups is 3. The van der Waals surface area contributed by atoms with Gasteiger partial charge < -0.3 is 20.1 Å². The van der Waals surface area contributed by atoms with Gasteiger partial charge in [0, 0.05) is 6.92 Å². The second-order valence-corrected chi connectivity index (χ2v) is 2.74. The van der Waals surface area contributed by atoms with E-state index in [9.17, 15) is 9.59 Å². The zero-order valence-electron chi connectivity index (χ0n) is 7.72.